The Hall–Kier alpha value is -3.45. The zero-order valence-corrected chi connectivity index (χ0v) is 18.0. The monoisotopic (exact) mass is 430 g/mol. The Morgan fingerprint density at radius 2 is 1.97 bits per heavy atom. The van der Waals surface area contributed by atoms with Crippen LogP contribution in [0, 0.1) is 6.92 Å². The zero-order valence-electron chi connectivity index (χ0n) is 17.2. The lowest BCUT2D eigenvalue weighted by atomic mass is 10.0. The minimum Gasteiger partial charge on any atom is -0.476 e. The van der Waals surface area contributed by atoms with Crippen molar-refractivity contribution in [2.45, 2.75) is 19.9 Å². The van der Waals surface area contributed by atoms with Gasteiger partial charge in [0.2, 0.25) is 0 Å². The molecule has 0 fully saturated rings. The molecule has 0 aliphatic carbocycles. The van der Waals surface area contributed by atoms with Crippen LogP contribution in [0.5, 0.6) is 0 Å². The van der Waals surface area contributed by atoms with Crippen molar-refractivity contribution in [1.29, 1.82) is 0 Å². The van der Waals surface area contributed by atoms with Crippen molar-refractivity contribution < 1.29 is 9.90 Å². The zero-order chi connectivity index (χ0) is 21.4. The molecule has 1 N–H and O–H groups in total. The Morgan fingerprint density at radius 1 is 1.13 bits per heavy atom. The fourth-order valence-corrected chi connectivity index (χ4v) is 4.98. The summed E-state index contributed by atoms with van der Waals surface area (Å²) in [5.41, 5.74) is 5.14. The normalized spacial score (nSPS) is 13.8. The van der Waals surface area contributed by atoms with Crippen molar-refractivity contribution in [1.82, 2.24) is 14.8 Å². The average Bonchev–Trinajstić information content (AvgIpc) is 3.39. The standard InChI is InChI=1S/C24H22N4O2S/c1-16-12-20(23(29)30)26-28(16)15-19-13-18(17-8-4-2-5-9-17)14-21-22(19)25-24(31-21)27-10-6-3-7-11-27/h2-6,8-9,12-14H,7,10-11,15H2,1H3,(H,29,30). The van der Waals surface area contributed by atoms with E-state index >= 15 is 0 Å². The minimum atomic E-state index is -1.01. The third kappa shape index (κ3) is 3.84. The van der Waals surface area contributed by atoms with Gasteiger partial charge in [0.05, 0.1) is 16.8 Å². The fourth-order valence-electron chi connectivity index (χ4n) is 3.89. The molecule has 6 nitrogen and oxygen atoms in total. The second kappa shape index (κ2) is 8.00. The summed E-state index contributed by atoms with van der Waals surface area (Å²) in [5, 5.41) is 14.6. The van der Waals surface area contributed by atoms with Crippen LogP contribution in [0.15, 0.2) is 60.7 Å². The Labute approximate surface area is 184 Å². The van der Waals surface area contributed by atoms with Crippen molar-refractivity contribution in [2.75, 3.05) is 18.0 Å². The molecule has 0 bridgehead atoms. The lowest BCUT2D eigenvalue weighted by Gasteiger charge is -2.22. The van der Waals surface area contributed by atoms with E-state index in [0.717, 1.165) is 57.2 Å². The van der Waals surface area contributed by atoms with Gasteiger partial charge in [-0.05, 0) is 42.7 Å². The molecule has 0 amide bonds. The molecule has 0 saturated heterocycles. The van der Waals surface area contributed by atoms with Crippen LogP contribution in [-0.2, 0) is 6.54 Å². The van der Waals surface area contributed by atoms with Gasteiger partial charge >= 0.3 is 5.97 Å². The van der Waals surface area contributed by atoms with Gasteiger partial charge in [-0.1, -0.05) is 53.8 Å². The summed E-state index contributed by atoms with van der Waals surface area (Å²) < 4.78 is 2.87. The number of carboxylic acid groups (broad SMARTS) is 1. The second-order valence-corrected chi connectivity index (χ2v) is 8.69. The second-order valence-electron chi connectivity index (χ2n) is 7.68. The maximum Gasteiger partial charge on any atom is 0.356 e. The van der Waals surface area contributed by atoms with E-state index < -0.39 is 5.97 Å². The Kier molecular flexibility index (Phi) is 5.03. The van der Waals surface area contributed by atoms with Gasteiger partial charge in [0.25, 0.3) is 0 Å². The summed E-state index contributed by atoms with van der Waals surface area (Å²) in [4.78, 5) is 18.6. The van der Waals surface area contributed by atoms with E-state index in [1.165, 1.54) is 0 Å². The highest BCUT2D eigenvalue weighted by Crippen LogP contribution is 2.35. The molecule has 1 aliphatic rings. The summed E-state index contributed by atoms with van der Waals surface area (Å²) in [6.07, 6.45) is 5.43. The molecule has 0 radical (unpaired) electrons. The number of carbonyl (C=O) groups is 1. The molecule has 7 heteroatoms. The Balaban J connectivity index is 1.62. The van der Waals surface area contributed by atoms with Crippen LogP contribution < -0.4 is 4.90 Å². The molecule has 31 heavy (non-hydrogen) atoms. The van der Waals surface area contributed by atoms with E-state index in [1.54, 1.807) is 22.1 Å². The predicted octanol–water partition coefficient (Wildman–Crippen LogP) is 4.98. The molecule has 1 aliphatic heterocycles. The average molecular weight is 431 g/mol. The van der Waals surface area contributed by atoms with Gasteiger partial charge < -0.3 is 10.0 Å². The SMILES string of the molecule is Cc1cc(C(=O)O)nn1Cc1cc(-c2ccccc2)cc2sc(N3CC=CCC3)nc12. The van der Waals surface area contributed by atoms with Crippen LogP contribution in [0.2, 0.25) is 0 Å². The Morgan fingerprint density at radius 3 is 2.68 bits per heavy atom. The summed E-state index contributed by atoms with van der Waals surface area (Å²) >= 11 is 1.71. The first kappa shape index (κ1) is 19.5. The molecule has 5 rings (SSSR count). The number of anilines is 1. The van der Waals surface area contributed by atoms with Gasteiger partial charge in [0, 0.05) is 24.3 Å². The molecule has 2 aromatic carbocycles. The number of thiazole rings is 1. The van der Waals surface area contributed by atoms with E-state index in [4.69, 9.17) is 4.98 Å². The van der Waals surface area contributed by atoms with E-state index in [9.17, 15) is 9.90 Å². The Bertz CT molecular complexity index is 1290. The number of hydrogen-bond acceptors (Lipinski definition) is 5. The van der Waals surface area contributed by atoms with Crippen molar-refractivity contribution >= 4 is 32.7 Å². The van der Waals surface area contributed by atoms with Gasteiger partial charge in [0.15, 0.2) is 10.8 Å². The minimum absolute atomic E-state index is 0.0621. The van der Waals surface area contributed by atoms with Gasteiger partial charge in [-0.3, -0.25) is 4.68 Å². The highest BCUT2D eigenvalue weighted by atomic mass is 32.1. The number of fused-ring (bicyclic) bond motifs is 1. The van der Waals surface area contributed by atoms with Crippen molar-refractivity contribution in [3.8, 4) is 11.1 Å². The van der Waals surface area contributed by atoms with Crippen molar-refractivity contribution in [3.05, 3.63) is 77.6 Å². The van der Waals surface area contributed by atoms with E-state index in [0.29, 0.717) is 6.54 Å². The number of hydrogen-bond donors (Lipinski definition) is 1. The lowest BCUT2D eigenvalue weighted by molar-refractivity contribution is 0.0689. The van der Waals surface area contributed by atoms with Crippen molar-refractivity contribution in [3.63, 3.8) is 0 Å². The summed E-state index contributed by atoms with van der Waals surface area (Å²) in [5.74, 6) is -1.01. The topological polar surface area (TPSA) is 71.2 Å². The van der Waals surface area contributed by atoms with Crippen LogP contribution in [0.25, 0.3) is 21.3 Å². The first-order valence-corrected chi connectivity index (χ1v) is 11.1. The van der Waals surface area contributed by atoms with Gasteiger partial charge in [-0.15, -0.1) is 0 Å². The maximum absolute atomic E-state index is 11.4. The molecule has 2 aromatic heterocycles. The molecular formula is C24H22N4O2S. The van der Waals surface area contributed by atoms with Crippen LogP contribution in [0.1, 0.15) is 28.2 Å². The van der Waals surface area contributed by atoms with E-state index in [2.05, 4.69) is 46.4 Å². The molecule has 0 atom stereocenters. The summed E-state index contributed by atoms with van der Waals surface area (Å²) in [6.45, 7) is 4.20. The predicted molar refractivity (Wildman–Crippen MR) is 124 cm³/mol. The van der Waals surface area contributed by atoms with Crippen LogP contribution in [-0.4, -0.2) is 38.9 Å². The third-order valence-electron chi connectivity index (χ3n) is 5.52. The maximum atomic E-state index is 11.4. The number of benzene rings is 2. The molecular weight excluding hydrogens is 408 g/mol. The number of aromatic nitrogens is 3. The molecule has 156 valence electrons. The number of carboxylic acids is 1. The van der Waals surface area contributed by atoms with E-state index in [-0.39, 0.29) is 5.69 Å². The molecule has 3 heterocycles. The van der Waals surface area contributed by atoms with Gasteiger partial charge in [-0.25, -0.2) is 9.78 Å². The number of nitrogens with zero attached hydrogens (tertiary/aromatic N) is 4. The lowest BCUT2D eigenvalue weighted by Crippen LogP contribution is -2.26. The highest BCUT2D eigenvalue weighted by molar-refractivity contribution is 7.22. The molecule has 4 aromatic rings. The number of aryl methyl sites for hydroxylation is 1. The first-order valence-electron chi connectivity index (χ1n) is 10.2. The smallest absolute Gasteiger partial charge is 0.356 e. The molecule has 0 spiro atoms. The van der Waals surface area contributed by atoms with Gasteiger partial charge in [-0.2, -0.15) is 5.10 Å². The van der Waals surface area contributed by atoms with Crippen LogP contribution >= 0.6 is 11.3 Å². The highest BCUT2D eigenvalue weighted by Gasteiger charge is 2.18. The van der Waals surface area contributed by atoms with Crippen LogP contribution in [0.3, 0.4) is 0 Å². The van der Waals surface area contributed by atoms with Crippen LogP contribution in [0.4, 0.5) is 5.13 Å². The summed E-state index contributed by atoms with van der Waals surface area (Å²) in [7, 11) is 0. The van der Waals surface area contributed by atoms with E-state index in [1.807, 2.05) is 25.1 Å². The van der Waals surface area contributed by atoms with Crippen molar-refractivity contribution in [2.24, 2.45) is 0 Å². The van der Waals surface area contributed by atoms with Gasteiger partial charge in [0.1, 0.15) is 0 Å². The number of rotatable bonds is 5. The molecule has 0 unspecified atom stereocenters. The third-order valence-corrected chi connectivity index (χ3v) is 6.58. The first-order chi connectivity index (χ1) is 15.1. The summed E-state index contributed by atoms with van der Waals surface area (Å²) in [6, 6.07) is 16.2. The largest absolute Gasteiger partial charge is 0.476 e. The molecule has 0 saturated carbocycles. The quantitative estimate of drug-likeness (QED) is 0.452. The fraction of sp³-hybridized carbons (Fsp3) is 0.208. The number of aromatic carboxylic acids is 1.